The Morgan fingerprint density at radius 2 is 1.87 bits per heavy atom. The highest BCUT2D eigenvalue weighted by Crippen LogP contribution is 2.21. The Balaban J connectivity index is 2.85. The maximum atomic E-state index is 13.3. The molecule has 0 aliphatic carbocycles. The molecule has 0 aliphatic rings. The van der Waals surface area contributed by atoms with Crippen LogP contribution in [0.2, 0.25) is 0 Å². The summed E-state index contributed by atoms with van der Waals surface area (Å²) in [4.78, 5) is 0. The minimum absolute atomic E-state index is 0.00815. The van der Waals surface area contributed by atoms with E-state index in [2.05, 4.69) is 13.8 Å². The number of hydrogen-bond donors (Lipinski definition) is 0. The first-order valence-electron chi connectivity index (χ1n) is 5.44. The quantitative estimate of drug-likeness (QED) is 0.734. The van der Waals surface area contributed by atoms with Crippen molar-refractivity contribution in [3.05, 3.63) is 29.6 Å². The van der Waals surface area contributed by atoms with Crippen LogP contribution in [0.5, 0.6) is 5.75 Å². The molecule has 0 saturated heterocycles. The molecule has 0 radical (unpaired) electrons. The molecule has 0 spiro atoms. The number of rotatable bonds is 4. The largest absolute Gasteiger partial charge is 0.488 e. The smallest absolute Gasteiger partial charge is 0.165 e. The third-order valence-corrected chi connectivity index (χ3v) is 2.00. The van der Waals surface area contributed by atoms with E-state index in [-0.39, 0.29) is 11.9 Å². The van der Waals surface area contributed by atoms with Crippen molar-refractivity contribution in [2.45, 2.75) is 40.2 Å². The van der Waals surface area contributed by atoms with Gasteiger partial charge in [0.25, 0.3) is 0 Å². The van der Waals surface area contributed by atoms with Crippen LogP contribution < -0.4 is 4.74 Å². The molecule has 0 N–H and O–H groups in total. The monoisotopic (exact) mass is 210 g/mol. The lowest BCUT2D eigenvalue weighted by atomic mass is 10.0. The van der Waals surface area contributed by atoms with E-state index >= 15 is 0 Å². The molecule has 0 atom stereocenters. The molecule has 1 nitrogen and oxygen atoms in total. The third kappa shape index (κ3) is 3.90. The van der Waals surface area contributed by atoms with Crippen LogP contribution in [0.1, 0.15) is 33.3 Å². The molecule has 0 unspecified atom stereocenters. The minimum Gasteiger partial charge on any atom is -0.488 e. The Morgan fingerprint density at radius 1 is 1.20 bits per heavy atom. The number of ether oxygens (including phenoxy) is 1. The number of benzene rings is 1. The summed E-state index contributed by atoms with van der Waals surface area (Å²) >= 11 is 0. The predicted molar refractivity (Wildman–Crippen MR) is 60.7 cm³/mol. The van der Waals surface area contributed by atoms with Gasteiger partial charge in [0, 0.05) is 0 Å². The summed E-state index contributed by atoms with van der Waals surface area (Å²) in [5.41, 5.74) is 1.13. The van der Waals surface area contributed by atoms with Gasteiger partial charge in [0.2, 0.25) is 0 Å². The molecular formula is C13H19FO. The molecule has 0 saturated carbocycles. The Hall–Kier alpha value is -1.05. The Morgan fingerprint density at radius 3 is 2.40 bits per heavy atom. The summed E-state index contributed by atoms with van der Waals surface area (Å²) in [6.45, 7) is 8.09. The summed E-state index contributed by atoms with van der Waals surface area (Å²) in [5.74, 6) is 0.654. The predicted octanol–water partition coefficient (Wildman–Crippen LogP) is 3.81. The zero-order valence-corrected chi connectivity index (χ0v) is 9.88. The molecule has 1 aromatic rings. The lowest BCUT2D eigenvalue weighted by Gasteiger charge is -2.12. The van der Waals surface area contributed by atoms with Crippen LogP contribution in [0.15, 0.2) is 18.2 Å². The van der Waals surface area contributed by atoms with Gasteiger partial charge in [-0.3, -0.25) is 0 Å². The molecule has 0 aliphatic heterocycles. The SMILES string of the molecule is CC(C)Cc1ccc(F)c(OC(C)C)c1. The fourth-order valence-corrected chi connectivity index (χ4v) is 1.49. The Bertz CT molecular complexity index is 318. The van der Waals surface area contributed by atoms with E-state index in [4.69, 9.17) is 4.74 Å². The molecule has 84 valence electrons. The van der Waals surface area contributed by atoms with Crippen molar-refractivity contribution in [2.75, 3.05) is 0 Å². The zero-order chi connectivity index (χ0) is 11.4. The first-order chi connectivity index (χ1) is 6.99. The lowest BCUT2D eigenvalue weighted by Crippen LogP contribution is -2.07. The molecule has 0 aromatic heterocycles. The fraction of sp³-hybridized carbons (Fsp3) is 0.538. The molecule has 1 rings (SSSR count). The van der Waals surface area contributed by atoms with E-state index in [1.165, 1.54) is 6.07 Å². The Labute approximate surface area is 91.3 Å². The van der Waals surface area contributed by atoms with Crippen molar-refractivity contribution >= 4 is 0 Å². The van der Waals surface area contributed by atoms with Gasteiger partial charge < -0.3 is 4.74 Å². The van der Waals surface area contributed by atoms with Crippen molar-refractivity contribution in [3.63, 3.8) is 0 Å². The van der Waals surface area contributed by atoms with Gasteiger partial charge in [-0.05, 0) is 43.9 Å². The highest BCUT2D eigenvalue weighted by atomic mass is 19.1. The van der Waals surface area contributed by atoms with Gasteiger partial charge >= 0.3 is 0 Å². The first kappa shape index (κ1) is 12.0. The van der Waals surface area contributed by atoms with Crippen molar-refractivity contribution in [2.24, 2.45) is 5.92 Å². The Kier molecular flexibility index (Phi) is 4.13. The van der Waals surface area contributed by atoms with E-state index in [1.54, 1.807) is 6.07 Å². The number of halogens is 1. The average molecular weight is 210 g/mol. The summed E-state index contributed by atoms with van der Waals surface area (Å²) in [7, 11) is 0. The fourth-order valence-electron chi connectivity index (χ4n) is 1.49. The maximum absolute atomic E-state index is 13.3. The van der Waals surface area contributed by atoms with E-state index in [9.17, 15) is 4.39 Å². The lowest BCUT2D eigenvalue weighted by molar-refractivity contribution is 0.231. The van der Waals surface area contributed by atoms with Crippen LogP contribution in [-0.2, 0) is 6.42 Å². The van der Waals surface area contributed by atoms with Crippen LogP contribution in [0.3, 0.4) is 0 Å². The second kappa shape index (κ2) is 5.15. The van der Waals surface area contributed by atoms with Gasteiger partial charge in [-0.2, -0.15) is 0 Å². The standard InChI is InChI=1S/C13H19FO/c1-9(2)7-11-5-6-12(14)13(8-11)15-10(3)4/h5-6,8-10H,7H2,1-4H3. The van der Waals surface area contributed by atoms with Crippen LogP contribution in [-0.4, -0.2) is 6.10 Å². The molecule has 1 aromatic carbocycles. The molecule has 0 bridgehead atoms. The average Bonchev–Trinajstić information content (AvgIpc) is 2.09. The topological polar surface area (TPSA) is 9.23 Å². The van der Waals surface area contributed by atoms with Gasteiger partial charge in [-0.25, -0.2) is 4.39 Å². The zero-order valence-electron chi connectivity index (χ0n) is 9.88. The molecule has 0 heterocycles. The second-order valence-electron chi connectivity index (χ2n) is 4.53. The van der Waals surface area contributed by atoms with E-state index in [0.717, 1.165) is 12.0 Å². The number of hydrogen-bond acceptors (Lipinski definition) is 1. The van der Waals surface area contributed by atoms with E-state index in [0.29, 0.717) is 11.7 Å². The molecule has 2 heteroatoms. The summed E-state index contributed by atoms with van der Waals surface area (Å²) in [5, 5.41) is 0. The molecule has 0 fully saturated rings. The van der Waals surface area contributed by atoms with Gasteiger partial charge in [-0.1, -0.05) is 19.9 Å². The van der Waals surface area contributed by atoms with E-state index < -0.39 is 0 Å². The maximum Gasteiger partial charge on any atom is 0.165 e. The van der Waals surface area contributed by atoms with Gasteiger partial charge in [0.05, 0.1) is 6.10 Å². The molecule has 15 heavy (non-hydrogen) atoms. The highest BCUT2D eigenvalue weighted by Gasteiger charge is 2.07. The van der Waals surface area contributed by atoms with Gasteiger partial charge in [0.1, 0.15) is 0 Å². The van der Waals surface area contributed by atoms with Crippen molar-refractivity contribution in [1.29, 1.82) is 0 Å². The van der Waals surface area contributed by atoms with Gasteiger partial charge in [0.15, 0.2) is 11.6 Å². The van der Waals surface area contributed by atoms with Crippen molar-refractivity contribution in [1.82, 2.24) is 0 Å². The van der Waals surface area contributed by atoms with Crippen LogP contribution in [0.25, 0.3) is 0 Å². The minimum atomic E-state index is -0.281. The van der Waals surface area contributed by atoms with Gasteiger partial charge in [-0.15, -0.1) is 0 Å². The van der Waals surface area contributed by atoms with Crippen LogP contribution in [0, 0.1) is 11.7 Å². The molecular weight excluding hydrogens is 191 g/mol. The van der Waals surface area contributed by atoms with E-state index in [1.807, 2.05) is 19.9 Å². The first-order valence-corrected chi connectivity index (χ1v) is 5.44. The van der Waals surface area contributed by atoms with Crippen molar-refractivity contribution < 1.29 is 9.13 Å². The summed E-state index contributed by atoms with van der Waals surface area (Å²) in [6.07, 6.45) is 0.961. The van der Waals surface area contributed by atoms with Crippen molar-refractivity contribution in [3.8, 4) is 5.75 Å². The summed E-state index contributed by atoms with van der Waals surface area (Å²) in [6, 6.07) is 5.10. The van der Waals surface area contributed by atoms with Crippen LogP contribution in [0.4, 0.5) is 4.39 Å². The highest BCUT2D eigenvalue weighted by molar-refractivity contribution is 5.30. The normalized spacial score (nSPS) is 11.1. The summed E-state index contributed by atoms with van der Waals surface area (Å²) < 4.78 is 18.7. The second-order valence-corrected chi connectivity index (χ2v) is 4.53. The third-order valence-electron chi connectivity index (χ3n) is 2.00. The van der Waals surface area contributed by atoms with Crippen LogP contribution >= 0.6 is 0 Å². The molecule has 0 amide bonds.